The van der Waals surface area contributed by atoms with E-state index in [0.29, 0.717) is 69.3 Å². The van der Waals surface area contributed by atoms with E-state index in [1.165, 1.54) is 11.6 Å². The summed E-state index contributed by atoms with van der Waals surface area (Å²) in [5, 5.41) is 10.5. The second-order valence-corrected chi connectivity index (χ2v) is 12.0. The van der Waals surface area contributed by atoms with Gasteiger partial charge in [0.1, 0.15) is 17.0 Å². The fourth-order valence-electron chi connectivity index (χ4n) is 5.70. The summed E-state index contributed by atoms with van der Waals surface area (Å²) in [5.74, 6) is 1.14. The first-order chi connectivity index (χ1) is 22.6. The molecule has 1 unspecified atom stereocenters. The molecule has 12 nitrogen and oxygen atoms in total. The summed E-state index contributed by atoms with van der Waals surface area (Å²) in [6.07, 6.45) is 1.37. The van der Waals surface area contributed by atoms with Crippen molar-refractivity contribution in [3.8, 4) is 28.3 Å². The molecule has 1 saturated heterocycles. The van der Waals surface area contributed by atoms with Crippen molar-refractivity contribution in [1.29, 1.82) is 0 Å². The molecule has 0 radical (unpaired) electrons. The van der Waals surface area contributed by atoms with Crippen LogP contribution in [0, 0.1) is 6.92 Å². The zero-order valence-corrected chi connectivity index (χ0v) is 27.7. The maximum atomic E-state index is 13.1. The van der Waals surface area contributed by atoms with Crippen molar-refractivity contribution in [2.24, 2.45) is 14.1 Å². The van der Waals surface area contributed by atoms with Gasteiger partial charge in [0.15, 0.2) is 5.65 Å². The number of nitrogens with zero attached hydrogens (tertiary/aromatic N) is 5. The molecule has 47 heavy (non-hydrogen) atoms. The highest BCUT2D eigenvalue weighted by Crippen LogP contribution is 2.42. The number of amides is 1. The van der Waals surface area contributed by atoms with Crippen LogP contribution in [-0.4, -0.2) is 49.7 Å². The minimum Gasteiger partial charge on any atom is -0.481 e. The summed E-state index contributed by atoms with van der Waals surface area (Å²) < 4.78 is 7.94. The Morgan fingerprint density at radius 2 is 1.66 bits per heavy atom. The Hall–Kier alpha value is -4.78. The number of benzene rings is 2. The third-order valence-electron chi connectivity index (χ3n) is 8.15. The van der Waals surface area contributed by atoms with Crippen LogP contribution in [0.5, 0.6) is 5.88 Å². The second kappa shape index (κ2) is 13.1. The molecule has 1 fully saturated rings. The van der Waals surface area contributed by atoms with E-state index in [2.05, 4.69) is 25.9 Å². The molecule has 6 rings (SSSR count). The lowest BCUT2D eigenvalue weighted by molar-refractivity contribution is -0.119. The lowest BCUT2D eigenvalue weighted by atomic mass is 10.00. The van der Waals surface area contributed by atoms with Crippen LogP contribution in [0.4, 0.5) is 11.5 Å². The van der Waals surface area contributed by atoms with Crippen molar-refractivity contribution in [3.05, 3.63) is 90.8 Å². The number of ether oxygens (including phenoxy) is 1. The molecule has 1 aliphatic heterocycles. The Morgan fingerprint density at radius 3 is 2.38 bits per heavy atom. The molecule has 14 heteroatoms. The van der Waals surface area contributed by atoms with Crippen LogP contribution in [-0.2, 0) is 25.4 Å². The van der Waals surface area contributed by atoms with Crippen LogP contribution in [0.1, 0.15) is 24.2 Å². The van der Waals surface area contributed by atoms with Gasteiger partial charge in [0.05, 0.1) is 28.5 Å². The number of aryl methyl sites for hydroxylation is 2. The van der Waals surface area contributed by atoms with Crippen molar-refractivity contribution in [2.45, 2.75) is 32.4 Å². The standard InChI is InChI=1S/C33H32Cl2N8O4/c1-17-37-29(26-30(38-17)42(2)33(46)43(3)32(26)45)40-24-10-6-8-21(28(24)35)20-7-5-9-22(27(20)34)23-13-11-18(31(41-23)47-4)15-36-16-19-12-14-25(44)39-19/h5-11,13,19,36H,12,14-16H2,1-4H3,(H,39,44)(H,37,38,40). The summed E-state index contributed by atoms with van der Waals surface area (Å²) in [6, 6.07) is 15.0. The number of hydrogen-bond acceptors (Lipinski definition) is 9. The molecule has 1 atom stereocenters. The molecule has 0 bridgehead atoms. The van der Waals surface area contributed by atoms with Gasteiger partial charge in [-0.25, -0.2) is 19.7 Å². The first kappa shape index (κ1) is 32.2. The minimum atomic E-state index is -0.527. The number of rotatable bonds is 9. The number of methoxy groups -OCH3 is 1. The van der Waals surface area contributed by atoms with Gasteiger partial charge in [0.2, 0.25) is 11.8 Å². The molecule has 0 saturated carbocycles. The van der Waals surface area contributed by atoms with E-state index in [1.807, 2.05) is 42.5 Å². The average Bonchev–Trinajstić information content (AvgIpc) is 3.48. The van der Waals surface area contributed by atoms with Crippen molar-refractivity contribution >= 4 is 51.6 Å². The second-order valence-electron chi connectivity index (χ2n) is 11.3. The zero-order chi connectivity index (χ0) is 33.4. The summed E-state index contributed by atoms with van der Waals surface area (Å²) in [6.45, 7) is 2.86. The fraction of sp³-hybridized carbons (Fsp3) is 0.273. The predicted octanol–water partition coefficient (Wildman–Crippen LogP) is 4.49. The number of nitrogens with one attached hydrogen (secondary N) is 3. The Balaban J connectivity index is 1.31. The van der Waals surface area contributed by atoms with E-state index < -0.39 is 11.2 Å². The molecule has 0 spiro atoms. The molecular formula is C33H32Cl2N8O4. The maximum absolute atomic E-state index is 13.1. The van der Waals surface area contributed by atoms with Crippen LogP contribution >= 0.6 is 23.2 Å². The highest BCUT2D eigenvalue weighted by molar-refractivity contribution is 6.39. The van der Waals surface area contributed by atoms with Gasteiger partial charge in [0.25, 0.3) is 5.56 Å². The third kappa shape index (κ3) is 6.19. The topological polar surface area (TPSA) is 145 Å². The van der Waals surface area contributed by atoms with Crippen LogP contribution in [0.15, 0.2) is 58.1 Å². The van der Waals surface area contributed by atoms with Crippen LogP contribution in [0.2, 0.25) is 10.0 Å². The first-order valence-corrected chi connectivity index (χ1v) is 15.7. The van der Waals surface area contributed by atoms with Crippen molar-refractivity contribution < 1.29 is 9.53 Å². The van der Waals surface area contributed by atoms with E-state index in [1.54, 1.807) is 27.1 Å². The number of carbonyl (C=O) groups is 1. The number of anilines is 2. The highest BCUT2D eigenvalue weighted by Gasteiger charge is 2.22. The third-order valence-corrected chi connectivity index (χ3v) is 8.97. The highest BCUT2D eigenvalue weighted by atomic mass is 35.5. The number of pyridine rings is 1. The molecule has 5 aromatic rings. The lowest BCUT2D eigenvalue weighted by Gasteiger charge is -2.16. The summed E-state index contributed by atoms with van der Waals surface area (Å²) in [4.78, 5) is 50.7. The van der Waals surface area contributed by atoms with Gasteiger partial charge in [-0.3, -0.25) is 18.7 Å². The quantitative estimate of drug-likeness (QED) is 0.206. The number of aromatic nitrogens is 5. The first-order valence-electron chi connectivity index (χ1n) is 14.9. The molecule has 3 aromatic heterocycles. The van der Waals surface area contributed by atoms with Gasteiger partial charge in [-0.1, -0.05) is 59.6 Å². The largest absolute Gasteiger partial charge is 0.481 e. The van der Waals surface area contributed by atoms with Crippen molar-refractivity contribution in [2.75, 3.05) is 19.0 Å². The van der Waals surface area contributed by atoms with E-state index >= 15 is 0 Å². The molecule has 2 aromatic carbocycles. The molecule has 242 valence electrons. The summed E-state index contributed by atoms with van der Waals surface area (Å²) >= 11 is 14.0. The number of carbonyl (C=O) groups excluding carboxylic acids is 1. The average molecular weight is 676 g/mol. The normalized spacial score (nSPS) is 14.4. The van der Waals surface area contributed by atoms with Crippen LogP contribution in [0.3, 0.4) is 0 Å². The number of hydrogen-bond donors (Lipinski definition) is 3. The molecule has 1 amide bonds. The van der Waals surface area contributed by atoms with Crippen molar-refractivity contribution in [3.63, 3.8) is 0 Å². The Labute approximate surface area is 279 Å². The summed E-state index contributed by atoms with van der Waals surface area (Å²) in [7, 11) is 4.53. The monoisotopic (exact) mass is 674 g/mol. The number of fused-ring (bicyclic) bond motifs is 1. The van der Waals surface area contributed by atoms with Gasteiger partial charge in [-0.2, -0.15) is 0 Å². The van der Waals surface area contributed by atoms with Crippen LogP contribution < -0.4 is 31.9 Å². The molecule has 0 aliphatic carbocycles. The zero-order valence-electron chi connectivity index (χ0n) is 26.1. The fourth-order valence-corrected chi connectivity index (χ4v) is 6.30. The van der Waals surface area contributed by atoms with E-state index in [0.717, 1.165) is 16.6 Å². The molecule has 1 aliphatic rings. The SMILES string of the molecule is COc1nc(-c2cccc(-c3cccc(Nc4nc(C)nc5c4c(=O)n(C)c(=O)n5C)c3Cl)c2Cl)ccc1CNCC1CCC(=O)N1. The smallest absolute Gasteiger partial charge is 0.332 e. The van der Waals surface area contributed by atoms with E-state index in [9.17, 15) is 14.4 Å². The van der Waals surface area contributed by atoms with Crippen molar-refractivity contribution in [1.82, 2.24) is 34.7 Å². The maximum Gasteiger partial charge on any atom is 0.332 e. The van der Waals surface area contributed by atoms with E-state index in [-0.39, 0.29) is 28.8 Å². The molecule has 3 N–H and O–H groups in total. The van der Waals surface area contributed by atoms with Gasteiger partial charge < -0.3 is 20.7 Å². The van der Waals surface area contributed by atoms with Gasteiger partial charge in [-0.15, -0.1) is 0 Å². The van der Waals surface area contributed by atoms with E-state index in [4.69, 9.17) is 32.9 Å². The van der Waals surface area contributed by atoms with Gasteiger partial charge >= 0.3 is 5.69 Å². The summed E-state index contributed by atoms with van der Waals surface area (Å²) in [5.41, 5.74) is 3.17. The minimum absolute atomic E-state index is 0.0828. The lowest BCUT2D eigenvalue weighted by Crippen LogP contribution is -2.37. The predicted molar refractivity (Wildman–Crippen MR) is 183 cm³/mol. The Morgan fingerprint density at radius 1 is 0.936 bits per heavy atom. The van der Waals surface area contributed by atoms with Gasteiger partial charge in [0, 0.05) is 61.9 Å². The van der Waals surface area contributed by atoms with Crippen LogP contribution in [0.25, 0.3) is 33.4 Å². The number of halogens is 2. The Kier molecular flexibility index (Phi) is 9.00. The molecule has 4 heterocycles. The Bertz CT molecular complexity index is 2160. The molecular weight excluding hydrogens is 643 g/mol. The van der Waals surface area contributed by atoms with Gasteiger partial charge in [-0.05, 0) is 25.5 Å².